The molecule has 2 aliphatic rings. The maximum absolute atomic E-state index is 13.1. The summed E-state index contributed by atoms with van der Waals surface area (Å²) >= 11 is 0. The molecule has 1 aromatic carbocycles. The van der Waals surface area contributed by atoms with Crippen molar-refractivity contribution in [2.75, 3.05) is 43.2 Å². The Morgan fingerprint density at radius 1 is 1.13 bits per heavy atom. The van der Waals surface area contributed by atoms with E-state index >= 15 is 0 Å². The molecule has 1 amide bonds. The van der Waals surface area contributed by atoms with Crippen molar-refractivity contribution >= 4 is 34.3 Å². The average Bonchev–Trinajstić information content (AvgIpc) is 3.15. The zero-order valence-electron chi connectivity index (χ0n) is 18.1. The van der Waals surface area contributed by atoms with Crippen LogP contribution < -0.4 is 9.80 Å². The van der Waals surface area contributed by atoms with Gasteiger partial charge in [0.2, 0.25) is 5.95 Å². The molecule has 31 heavy (non-hydrogen) atoms. The fourth-order valence-corrected chi connectivity index (χ4v) is 4.13. The first-order valence-corrected chi connectivity index (χ1v) is 10.7. The molecule has 2 aliphatic heterocycles. The minimum Gasteiger partial charge on any atom is -0.378 e. The lowest BCUT2D eigenvalue weighted by Crippen LogP contribution is -2.38. The number of nitrogens with zero attached hydrogens (tertiary/aromatic N) is 6. The number of morpholine rings is 1. The smallest absolute Gasteiger partial charge is 0.273 e. The third-order valence-electron chi connectivity index (χ3n) is 5.96. The third kappa shape index (κ3) is 3.46. The molecular weight excluding hydrogens is 392 g/mol. The molecule has 0 radical (unpaired) electrons. The summed E-state index contributed by atoms with van der Waals surface area (Å²) < 4.78 is 5.48. The first kappa shape index (κ1) is 19.7. The fourth-order valence-electron chi connectivity index (χ4n) is 4.13. The standard InChI is InChI=1S/C23H26N6O2/c1-15(2)29-14-18-20(22(29)30)25-23(28-8-10-31-11-9-28)26-21(18)27(3)17-12-16-6-4-5-7-19(16)24-13-17/h4-7,12-13,15H,8-11,14H2,1-3H3. The summed E-state index contributed by atoms with van der Waals surface area (Å²) in [6, 6.07) is 10.2. The van der Waals surface area contributed by atoms with Crippen molar-refractivity contribution in [1.82, 2.24) is 19.9 Å². The van der Waals surface area contributed by atoms with Crippen molar-refractivity contribution in [2.45, 2.75) is 26.4 Å². The number of carbonyl (C=O) groups excluding carboxylic acids is 1. The molecule has 0 aliphatic carbocycles. The van der Waals surface area contributed by atoms with Gasteiger partial charge in [-0.25, -0.2) is 4.98 Å². The number of fused-ring (bicyclic) bond motifs is 2. The predicted molar refractivity (Wildman–Crippen MR) is 120 cm³/mol. The number of anilines is 3. The molecule has 0 saturated carbocycles. The van der Waals surface area contributed by atoms with Gasteiger partial charge in [0.05, 0.1) is 37.2 Å². The van der Waals surface area contributed by atoms with Gasteiger partial charge in [0.1, 0.15) is 11.5 Å². The molecule has 8 nitrogen and oxygen atoms in total. The van der Waals surface area contributed by atoms with Gasteiger partial charge in [-0.2, -0.15) is 4.98 Å². The lowest BCUT2D eigenvalue weighted by atomic mass is 10.2. The number of amides is 1. The summed E-state index contributed by atoms with van der Waals surface area (Å²) in [7, 11) is 1.97. The van der Waals surface area contributed by atoms with Gasteiger partial charge in [-0.05, 0) is 26.0 Å². The number of benzene rings is 1. The Morgan fingerprint density at radius 2 is 1.90 bits per heavy atom. The van der Waals surface area contributed by atoms with Crippen molar-refractivity contribution in [2.24, 2.45) is 0 Å². The van der Waals surface area contributed by atoms with Crippen molar-refractivity contribution in [1.29, 1.82) is 0 Å². The zero-order valence-corrected chi connectivity index (χ0v) is 18.1. The molecule has 0 atom stereocenters. The van der Waals surface area contributed by atoms with Crippen LogP contribution in [0, 0.1) is 0 Å². The second-order valence-corrected chi connectivity index (χ2v) is 8.25. The highest BCUT2D eigenvalue weighted by Crippen LogP contribution is 2.35. The van der Waals surface area contributed by atoms with E-state index in [1.807, 2.05) is 61.2 Å². The van der Waals surface area contributed by atoms with Crippen LogP contribution in [0.15, 0.2) is 36.5 Å². The number of pyridine rings is 1. The molecule has 1 fully saturated rings. The average molecular weight is 419 g/mol. The molecule has 0 N–H and O–H groups in total. The lowest BCUT2D eigenvalue weighted by molar-refractivity contribution is 0.0726. The van der Waals surface area contributed by atoms with Crippen LogP contribution in [-0.2, 0) is 11.3 Å². The summed E-state index contributed by atoms with van der Waals surface area (Å²) in [5.41, 5.74) is 3.23. The number of hydrogen-bond donors (Lipinski definition) is 0. The molecule has 5 rings (SSSR count). The SMILES string of the molecule is CC(C)N1Cc2c(nc(N3CCOCC3)nc2N(C)c2cnc3ccccc3c2)C1=O. The lowest BCUT2D eigenvalue weighted by Gasteiger charge is -2.28. The first-order valence-electron chi connectivity index (χ1n) is 10.7. The summed E-state index contributed by atoms with van der Waals surface area (Å²) in [6.07, 6.45) is 1.85. The monoisotopic (exact) mass is 418 g/mol. The number of rotatable bonds is 4. The van der Waals surface area contributed by atoms with Crippen molar-refractivity contribution < 1.29 is 9.53 Å². The van der Waals surface area contributed by atoms with Crippen LogP contribution in [0.5, 0.6) is 0 Å². The van der Waals surface area contributed by atoms with E-state index in [2.05, 4.69) is 16.0 Å². The quantitative estimate of drug-likeness (QED) is 0.645. The molecule has 160 valence electrons. The Bertz CT molecular complexity index is 1140. The first-order chi connectivity index (χ1) is 15.0. The van der Waals surface area contributed by atoms with Gasteiger partial charge in [0.15, 0.2) is 0 Å². The number of hydrogen-bond acceptors (Lipinski definition) is 7. The van der Waals surface area contributed by atoms with Gasteiger partial charge in [-0.1, -0.05) is 18.2 Å². The van der Waals surface area contributed by atoms with Gasteiger partial charge in [-0.15, -0.1) is 0 Å². The third-order valence-corrected chi connectivity index (χ3v) is 5.96. The van der Waals surface area contributed by atoms with Crippen molar-refractivity contribution in [3.63, 3.8) is 0 Å². The van der Waals surface area contributed by atoms with Gasteiger partial charge in [0, 0.05) is 37.1 Å². The van der Waals surface area contributed by atoms with Crippen LogP contribution >= 0.6 is 0 Å². The van der Waals surface area contributed by atoms with Gasteiger partial charge < -0.3 is 19.4 Å². The second-order valence-electron chi connectivity index (χ2n) is 8.25. The summed E-state index contributed by atoms with van der Waals surface area (Å²) in [5.74, 6) is 1.30. The normalized spacial score (nSPS) is 16.3. The molecule has 3 aromatic rings. The Hall–Kier alpha value is -3.26. The van der Waals surface area contributed by atoms with E-state index < -0.39 is 0 Å². The van der Waals surface area contributed by atoms with E-state index in [9.17, 15) is 4.79 Å². The molecule has 0 unspecified atom stereocenters. The number of carbonyl (C=O) groups is 1. The zero-order chi connectivity index (χ0) is 21.5. The highest BCUT2D eigenvalue weighted by molar-refractivity contribution is 5.99. The molecule has 8 heteroatoms. The van der Waals surface area contributed by atoms with E-state index in [0.29, 0.717) is 44.5 Å². The van der Waals surface area contributed by atoms with E-state index in [0.717, 1.165) is 28.0 Å². The Morgan fingerprint density at radius 3 is 2.68 bits per heavy atom. The van der Waals surface area contributed by atoms with Gasteiger partial charge in [-0.3, -0.25) is 9.78 Å². The maximum Gasteiger partial charge on any atom is 0.273 e. The van der Waals surface area contributed by atoms with Crippen LogP contribution in [0.3, 0.4) is 0 Å². The largest absolute Gasteiger partial charge is 0.378 e. The highest BCUT2D eigenvalue weighted by atomic mass is 16.5. The summed E-state index contributed by atoms with van der Waals surface area (Å²) in [6.45, 7) is 7.24. The molecule has 0 spiro atoms. The van der Waals surface area contributed by atoms with E-state index in [1.54, 1.807) is 0 Å². The Labute approximate surface area is 181 Å². The Balaban J connectivity index is 1.61. The van der Waals surface area contributed by atoms with E-state index in [1.165, 1.54) is 0 Å². The van der Waals surface area contributed by atoms with Crippen LogP contribution in [0.4, 0.5) is 17.5 Å². The molecule has 1 saturated heterocycles. The van der Waals surface area contributed by atoms with Crippen LogP contribution in [0.25, 0.3) is 10.9 Å². The van der Waals surface area contributed by atoms with Crippen LogP contribution in [0.2, 0.25) is 0 Å². The second kappa shape index (κ2) is 7.77. The topological polar surface area (TPSA) is 74.7 Å². The van der Waals surface area contributed by atoms with Crippen molar-refractivity contribution in [3.05, 3.63) is 47.8 Å². The minimum atomic E-state index is -0.0341. The molecule has 2 aromatic heterocycles. The number of para-hydroxylation sites is 1. The van der Waals surface area contributed by atoms with Gasteiger partial charge in [0.25, 0.3) is 5.91 Å². The molecular formula is C23H26N6O2. The summed E-state index contributed by atoms with van der Waals surface area (Å²) in [4.78, 5) is 33.3. The van der Waals surface area contributed by atoms with Crippen LogP contribution in [0.1, 0.15) is 29.9 Å². The Kier molecular flexibility index (Phi) is 4.94. The van der Waals surface area contributed by atoms with E-state index in [4.69, 9.17) is 14.7 Å². The summed E-state index contributed by atoms with van der Waals surface area (Å²) in [5, 5.41) is 1.06. The van der Waals surface area contributed by atoms with Crippen LogP contribution in [-0.4, -0.2) is 65.2 Å². The fraction of sp³-hybridized carbons (Fsp3) is 0.391. The minimum absolute atomic E-state index is 0.0341. The number of ether oxygens (including phenoxy) is 1. The predicted octanol–water partition coefficient (Wildman–Crippen LogP) is 2.99. The van der Waals surface area contributed by atoms with E-state index in [-0.39, 0.29) is 11.9 Å². The van der Waals surface area contributed by atoms with Gasteiger partial charge >= 0.3 is 0 Å². The van der Waals surface area contributed by atoms with Crippen molar-refractivity contribution in [3.8, 4) is 0 Å². The highest BCUT2D eigenvalue weighted by Gasteiger charge is 2.36. The maximum atomic E-state index is 13.1. The number of aromatic nitrogens is 3. The molecule has 4 heterocycles. The molecule has 0 bridgehead atoms.